The number of carbonyl (C=O) groups excluding carboxylic acids is 1. The molecule has 1 unspecified atom stereocenters. The molecule has 1 atom stereocenters. The molecule has 1 amide bonds. The van der Waals surface area contributed by atoms with E-state index in [-0.39, 0.29) is 11.8 Å². The molecule has 2 aromatic rings. The first kappa shape index (κ1) is 16.4. The van der Waals surface area contributed by atoms with Crippen molar-refractivity contribution in [3.63, 3.8) is 0 Å². The van der Waals surface area contributed by atoms with Crippen molar-refractivity contribution in [2.75, 3.05) is 13.1 Å². The second-order valence-corrected chi connectivity index (χ2v) is 7.61. The van der Waals surface area contributed by atoms with Crippen LogP contribution in [0.2, 0.25) is 0 Å². The maximum atomic E-state index is 12.7. The number of piperidine rings is 1. The zero-order valence-corrected chi connectivity index (χ0v) is 14.9. The van der Waals surface area contributed by atoms with Crippen LogP contribution in [0.15, 0.2) is 30.9 Å². The molecule has 2 aliphatic rings. The van der Waals surface area contributed by atoms with E-state index in [4.69, 9.17) is 0 Å². The molecule has 6 nitrogen and oxygen atoms in total. The van der Waals surface area contributed by atoms with Gasteiger partial charge in [0.2, 0.25) is 5.91 Å². The maximum absolute atomic E-state index is 12.7. The van der Waals surface area contributed by atoms with Crippen LogP contribution in [0.1, 0.15) is 44.3 Å². The van der Waals surface area contributed by atoms with Crippen LogP contribution in [0, 0.1) is 11.8 Å². The third kappa shape index (κ3) is 3.78. The zero-order valence-electron chi connectivity index (χ0n) is 14.9. The van der Waals surface area contributed by atoms with Gasteiger partial charge in [-0.25, -0.2) is 4.98 Å². The second-order valence-electron chi connectivity index (χ2n) is 7.61. The summed E-state index contributed by atoms with van der Waals surface area (Å²) in [5, 5.41) is 4.20. The molecule has 0 aromatic carbocycles. The van der Waals surface area contributed by atoms with Crippen molar-refractivity contribution in [1.29, 1.82) is 0 Å². The van der Waals surface area contributed by atoms with Crippen molar-refractivity contribution >= 4 is 5.91 Å². The molecule has 1 saturated heterocycles. The molecule has 1 aliphatic heterocycles. The summed E-state index contributed by atoms with van der Waals surface area (Å²) in [6.45, 7) is 5.44. The molecular formula is C19H27N5O. The van der Waals surface area contributed by atoms with Gasteiger partial charge in [-0.1, -0.05) is 6.92 Å². The highest BCUT2D eigenvalue weighted by Crippen LogP contribution is 2.33. The van der Waals surface area contributed by atoms with Crippen molar-refractivity contribution in [1.82, 2.24) is 24.2 Å². The van der Waals surface area contributed by atoms with Gasteiger partial charge < -0.3 is 9.47 Å². The predicted molar refractivity (Wildman–Crippen MR) is 94.9 cm³/mol. The molecule has 4 rings (SSSR count). The van der Waals surface area contributed by atoms with Crippen LogP contribution >= 0.6 is 0 Å². The van der Waals surface area contributed by atoms with Gasteiger partial charge in [0.25, 0.3) is 0 Å². The van der Waals surface area contributed by atoms with Crippen LogP contribution in [0.5, 0.6) is 0 Å². The summed E-state index contributed by atoms with van der Waals surface area (Å²) in [7, 11) is 0. The quantitative estimate of drug-likeness (QED) is 0.811. The van der Waals surface area contributed by atoms with Crippen LogP contribution in [0.3, 0.4) is 0 Å². The average molecular weight is 341 g/mol. The van der Waals surface area contributed by atoms with Gasteiger partial charge >= 0.3 is 0 Å². The van der Waals surface area contributed by atoms with Crippen molar-refractivity contribution in [2.45, 2.75) is 51.6 Å². The number of nitrogens with zero attached hydrogens (tertiary/aromatic N) is 5. The lowest BCUT2D eigenvalue weighted by Gasteiger charge is -2.33. The fourth-order valence-electron chi connectivity index (χ4n) is 3.85. The number of carbonyl (C=O) groups is 1. The Labute approximate surface area is 148 Å². The Morgan fingerprint density at radius 2 is 2.00 bits per heavy atom. The van der Waals surface area contributed by atoms with Crippen LogP contribution in [-0.4, -0.2) is 43.2 Å². The van der Waals surface area contributed by atoms with Crippen molar-refractivity contribution in [3.8, 4) is 0 Å². The van der Waals surface area contributed by atoms with Gasteiger partial charge in [-0.05, 0) is 37.7 Å². The molecule has 2 fully saturated rings. The van der Waals surface area contributed by atoms with Crippen LogP contribution in [-0.2, 0) is 17.9 Å². The lowest BCUT2D eigenvalue weighted by molar-refractivity contribution is -0.136. The molecule has 134 valence electrons. The van der Waals surface area contributed by atoms with Crippen LogP contribution < -0.4 is 0 Å². The Morgan fingerprint density at radius 1 is 1.20 bits per heavy atom. The number of amides is 1. The van der Waals surface area contributed by atoms with Crippen molar-refractivity contribution in [2.24, 2.45) is 11.8 Å². The third-order valence-electron chi connectivity index (χ3n) is 5.51. The smallest absolute Gasteiger partial charge is 0.227 e. The van der Waals surface area contributed by atoms with Crippen LogP contribution in [0.4, 0.5) is 0 Å². The first-order valence-corrected chi connectivity index (χ1v) is 9.48. The van der Waals surface area contributed by atoms with Gasteiger partial charge in [-0.15, -0.1) is 0 Å². The molecule has 3 heterocycles. The summed E-state index contributed by atoms with van der Waals surface area (Å²) >= 11 is 0. The van der Waals surface area contributed by atoms with Gasteiger partial charge in [0, 0.05) is 50.3 Å². The summed E-state index contributed by atoms with van der Waals surface area (Å²) in [4.78, 5) is 19.4. The summed E-state index contributed by atoms with van der Waals surface area (Å²) in [6.07, 6.45) is 12.5. The molecule has 6 heteroatoms. The lowest BCUT2D eigenvalue weighted by Crippen LogP contribution is -2.42. The zero-order chi connectivity index (χ0) is 17.2. The van der Waals surface area contributed by atoms with E-state index in [1.54, 1.807) is 6.20 Å². The lowest BCUT2D eigenvalue weighted by atomic mass is 9.95. The first-order valence-electron chi connectivity index (χ1n) is 9.48. The van der Waals surface area contributed by atoms with E-state index in [0.717, 1.165) is 38.4 Å². The number of aromatic nitrogens is 4. The third-order valence-corrected chi connectivity index (χ3v) is 5.51. The first-order chi connectivity index (χ1) is 12.2. The minimum Gasteiger partial charge on any atom is -0.342 e. The summed E-state index contributed by atoms with van der Waals surface area (Å²) in [5.74, 6) is 2.78. The van der Waals surface area contributed by atoms with Gasteiger partial charge in [-0.3, -0.25) is 9.48 Å². The summed E-state index contributed by atoms with van der Waals surface area (Å²) < 4.78 is 4.18. The predicted octanol–water partition coefficient (Wildman–Crippen LogP) is 2.53. The number of imidazole rings is 1. The Bertz CT molecular complexity index is 695. The van der Waals surface area contributed by atoms with E-state index in [9.17, 15) is 4.79 Å². The highest BCUT2D eigenvalue weighted by atomic mass is 16.2. The topological polar surface area (TPSA) is 56.0 Å². The highest BCUT2D eigenvalue weighted by molar-refractivity contribution is 5.78. The van der Waals surface area contributed by atoms with Crippen molar-refractivity contribution in [3.05, 3.63) is 36.7 Å². The standard InChI is InChI=1S/C19H27N5O/c1-15(13-24-9-2-7-21-24)19(25)22-10-5-17(6-11-22)18-20-8-12-23(18)14-16-3-4-16/h2,7-9,12,15-17H,3-6,10-11,13-14H2,1H3. The van der Waals surface area contributed by atoms with E-state index in [1.807, 2.05) is 35.0 Å². The molecule has 0 N–H and O–H groups in total. The van der Waals surface area contributed by atoms with E-state index < -0.39 is 0 Å². The average Bonchev–Trinajstić information content (AvgIpc) is 3.09. The largest absolute Gasteiger partial charge is 0.342 e. The van der Waals surface area contributed by atoms with Gasteiger partial charge in [-0.2, -0.15) is 5.10 Å². The maximum Gasteiger partial charge on any atom is 0.227 e. The second kappa shape index (κ2) is 7.02. The molecular weight excluding hydrogens is 314 g/mol. The Balaban J connectivity index is 1.31. The molecule has 2 aromatic heterocycles. The molecule has 0 spiro atoms. The number of hydrogen-bond acceptors (Lipinski definition) is 3. The monoisotopic (exact) mass is 341 g/mol. The van der Waals surface area contributed by atoms with Gasteiger partial charge in [0.05, 0.1) is 12.5 Å². The molecule has 1 saturated carbocycles. The fourth-order valence-corrected chi connectivity index (χ4v) is 3.85. The van der Waals surface area contributed by atoms with Gasteiger partial charge in [0.1, 0.15) is 5.82 Å². The minimum absolute atomic E-state index is 0.0340. The normalized spacial score (nSPS) is 20.0. The SMILES string of the molecule is CC(Cn1cccn1)C(=O)N1CCC(c2nccn2CC2CC2)CC1. The molecule has 1 aliphatic carbocycles. The van der Waals surface area contributed by atoms with Crippen LogP contribution in [0.25, 0.3) is 0 Å². The summed E-state index contributed by atoms with van der Waals surface area (Å²) in [5.41, 5.74) is 0. The van der Waals surface area contributed by atoms with E-state index >= 15 is 0 Å². The van der Waals surface area contributed by atoms with Gasteiger partial charge in [0.15, 0.2) is 0 Å². The highest BCUT2D eigenvalue weighted by Gasteiger charge is 2.30. The Hall–Kier alpha value is -2.11. The summed E-state index contributed by atoms with van der Waals surface area (Å²) in [6, 6.07) is 1.90. The number of likely N-dealkylation sites (tertiary alicyclic amines) is 1. The molecule has 0 bridgehead atoms. The minimum atomic E-state index is -0.0340. The van der Waals surface area contributed by atoms with E-state index in [0.29, 0.717) is 12.5 Å². The van der Waals surface area contributed by atoms with E-state index in [2.05, 4.69) is 20.8 Å². The Morgan fingerprint density at radius 3 is 2.68 bits per heavy atom. The molecule has 0 radical (unpaired) electrons. The van der Waals surface area contributed by atoms with E-state index in [1.165, 1.54) is 18.7 Å². The van der Waals surface area contributed by atoms with Crippen molar-refractivity contribution < 1.29 is 4.79 Å². The fraction of sp³-hybridized carbons (Fsp3) is 0.632. The number of hydrogen-bond donors (Lipinski definition) is 0. The molecule has 25 heavy (non-hydrogen) atoms. The Kier molecular flexibility index (Phi) is 4.59. The number of rotatable bonds is 6.